The van der Waals surface area contributed by atoms with Crippen LogP contribution in [-0.2, 0) is 92.6 Å². The quantitative estimate of drug-likeness (QED) is 0.156. The van der Waals surface area contributed by atoms with Gasteiger partial charge in [0.15, 0.2) is 8.98 Å². The zero-order valence-corrected chi connectivity index (χ0v) is 48.8. The van der Waals surface area contributed by atoms with Crippen LogP contribution in [0.1, 0.15) is 81.1 Å². The zero-order chi connectivity index (χ0) is 36.6. The zero-order valence-electron chi connectivity index (χ0n) is 35.0. The summed E-state index contributed by atoms with van der Waals surface area (Å²) in [6.45, 7) is 18.4. The molecule has 2 radical (unpaired) electrons. The summed E-state index contributed by atoms with van der Waals surface area (Å²) in [5.74, 6) is 4.08. The molecular weight excluding hydrogens is 1300 g/mol. The third-order valence-electron chi connectivity index (χ3n) is 12.1. The second kappa shape index (κ2) is 28.9. The Morgan fingerprint density at radius 2 is 1.08 bits per heavy atom. The maximum absolute atomic E-state index is 9.60. The SMILES string of the molecule is [3H]POC1C(COP([3H])(=C)OC2C(CO)CC(C)C2C)CC(C)C1C.[3H]POC1C(COP([3H])OC2C(CO)CC(C)C2C)CC(C)C1C.[U].[U].[Y].[Y]. The van der Waals surface area contributed by atoms with Gasteiger partial charge in [-0.05, 0) is 73.0 Å². The van der Waals surface area contributed by atoms with E-state index in [2.05, 4.69) is 61.7 Å². The molecule has 0 amide bonds. The van der Waals surface area contributed by atoms with Gasteiger partial charge in [-0.1, -0.05) is 61.7 Å². The van der Waals surface area contributed by atoms with Crippen molar-refractivity contribution in [3.8, 4) is 0 Å². The second-order valence-electron chi connectivity index (χ2n) is 15.0. The first kappa shape index (κ1) is 48.9. The predicted octanol–water partition coefficient (Wildman–Crippen LogP) is 7.26. The molecule has 2 N–H and O–H groups in total. The number of aliphatic hydroxyl groups is 2. The van der Waals surface area contributed by atoms with Gasteiger partial charge in [0.1, 0.15) is 10.5 Å². The molecule has 0 saturated heterocycles. The minimum atomic E-state index is -2.95. The number of hydrogen-bond acceptors (Lipinski definition) is 8. The number of aliphatic hydroxyl groups excluding tert-OH is 2. The van der Waals surface area contributed by atoms with E-state index in [1.54, 1.807) is 0 Å². The Morgan fingerprint density at radius 1 is 0.694 bits per heavy atom. The molecule has 0 bridgehead atoms. The molecule has 280 valence electrons. The van der Waals surface area contributed by atoms with Crippen molar-refractivity contribution in [2.75, 3.05) is 26.4 Å². The van der Waals surface area contributed by atoms with E-state index in [9.17, 15) is 10.2 Å². The number of rotatable bonds is 16. The van der Waals surface area contributed by atoms with E-state index < -0.39 is 16.9 Å². The molecule has 4 saturated carbocycles. The van der Waals surface area contributed by atoms with Gasteiger partial charge in [-0.15, -0.1) is 0 Å². The Balaban J connectivity index is 0. The molecule has 4 fully saturated rings. The van der Waals surface area contributed by atoms with Crippen LogP contribution in [0, 0.1) is 133 Å². The molecule has 49 heavy (non-hydrogen) atoms. The smallest absolute Gasteiger partial charge is 0.155 e. The van der Waals surface area contributed by atoms with Crippen LogP contribution in [0.15, 0.2) is 0 Å². The molecule has 4 aliphatic carbocycles. The fraction of sp³-hybridized carbons (Fsp3) is 0.970. The Kier molecular flexibility index (Phi) is 28.9. The van der Waals surface area contributed by atoms with Gasteiger partial charge < -0.3 is 37.4 Å². The summed E-state index contributed by atoms with van der Waals surface area (Å²) in [5.41, 5.74) is 0. The Bertz CT molecular complexity index is 1050. The monoisotopic (exact) mass is 1380 g/mol. The van der Waals surface area contributed by atoms with Gasteiger partial charge in [-0.3, -0.25) is 0 Å². The molecule has 0 aliphatic heterocycles. The first-order valence-corrected chi connectivity index (χ1v) is 20.0. The molecule has 4 aliphatic rings. The number of hydrogen-bond donors (Lipinski definition) is 2. The van der Waals surface area contributed by atoms with Gasteiger partial charge in [-0.2, -0.15) is 0 Å². The second-order valence-corrected chi connectivity index (χ2v) is 17.2. The molecule has 0 aromatic heterocycles. The van der Waals surface area contributed by atoms with Crippen molar-refractivity contribution in [2.24, 2.45) is 71.0 Å². The Morgan fingerprint density at radius 3 is 1.53 bits per heavy atom. The molecule has 16 heteroatoms. The Labute approximate surface area is 409 Å². The van der Waals surface area contributed by atoms with Crippen LogP contribution < -0.4 is 0 Å². The third kappa shape index (κ3) is 16.3. The molecular formula is C33H66O8P4U2Y2. The molecule has 0 aromatic carbocycles. The van der Waals surface area contributed by atoms with Gasteiger partial charge in [0.05, 0.1) is 40.2 Å². The van der Waals surface area contributed by atoms with Crippen LogP contribution in [-0.4, -0.2) is 72.5 Å². The molecule has 20 atom stereocenters. The molecule has 20 unspecified atom stereocenters. The maximum atomic E-state index is 9.60. The summed E-state index contributed by atoms with van der Waals surface area (Å²) in [4.78, 5) is 0. The summed E-state index contributed by atoms with van der Waals surface area (Å²) < 4.78 is 66.0. The van der Waals surface area contributed by atoms with Crippen molar-refractivity contribution in [3.63, 3.8) is 0 Å². The standard InChI is InChI=1S/C17H34O4P2.C16H32O4P2.2U.2Y/c1-10-6-14(8-18)17(13(10)4)21-23(5)19-9-15-7-11(2)12(3)16(15)20-22;1-9-5-13(7-17)16(12(9)4)20-22-18-8-14-6-10(2)11(3)15(14)19-21;;;;/h10-18,23H,5-9,22H2,1-4H3;9-17,22H,5-8,21H2,1-4H3;;;;/i22T,23T;21T,22T;;;;. The van der Waals surface area contributed by atoms with E-state index in [4.69, 9.17) is 32.3 Å². The fourth-order valence-electron chi connectivity index (χ4n) is 8.32. The normalized spacial score (nSPS) is 44.7. The fourth-order valence-corrected chi connectivity index (χ4v) is 11.0. The van der Waals surface area contributed by atoms with Crippen molar-refractivity contribution >= 4 is 42.0 Å². The van der Waals surface area contributed by atoms with E-state index in [-0.39, 0.29) is 208 Å². The largest absolute Gasteiger partial charge is 0.396 e. The van der Waals surface area contributed by atoms with Gasteiger partial charge in [0, 0.05) is 183 Å². The van der Waals surface area contributed by atoms with Crippen LogP contribution in [0.3, 0.4) is 0 Å². The van der Waals surface area contributed by atoms with E-state index in [0.717, 1.165) is 25.7 Å². The average molecular weight is 1380 g/mol. The topological polar surface area (TPSA) is 95.8 Å². The van der Waals surface area contributed by atoms with Crippen molar-refractivity contribution in [1.82, 2.24) is 0 Å². The molecule has 0 spiro atoms. The molecule has 0 aromatic rings. The van der Waals surface area contributed by atoms with Gasteiger partial charge in [-0.25, -0.2) is 0 Å². The molecule has 8 nitrogen and oxygen atoms in total. The Hall–Kier alpha value is 5.58. The summed E-state index contributed by atoms with van der Waals surface area (Å²) in [5, 5.41) is 19.1. The van der Waals surface area contributed by atoms with Crippen LogP contribution >= 0.6 is 35.7 Å². The molecule has 4 rings (SSSR count). The first-order valence-electron chi connectivity index (χ1n) is 19.0. The van der Waals surface area contributed by atoms with E-state index in [1.165, 1.54) is 0 Å². The van der Waals surface area contributed by atoms with Crippen LogP contribution in [0.4, 0.5) is 0 Å². The van der Waals surface area contributed by atoms with Crippen molar-refractivity contribution < 1.29 is 165 Å². The van der Waals surface area contributed by atoms with E-state index in [0.29, 0.717) is 60.6 Å². The van der Waals surface area contributed by atoms with Gasteiger partial charge in [0.25, 0.3) is 0 Å². The van der Waals surface area contributed by atoms with Crippen LogP contribution in [0.25, 0.3) is 0 Å². The van der Waals surface area contributed by atoms with Gasteiger partial charge >= 0.3 is 0 Å². The van der Waals surface area contributed by atoms with Gasteiger partial charge in [0.2, 0.25) is 0 Å². The first-order chi connectivity index (χ1) is 23.1. The van der Waals surface area contributed by atoms with Crippen molar-refractivity contribution in [2.45, 2.75) is 105 Å². The summed E-state index contributed by atoms with van der Waals surface area (Å²) in [7, 11) is -5.20. The third-order valence-corrected chi connectivity index (χ3v) is 14.2. The minimum absolute atomic E-state index is 0. The van der Waals surface area contributed by atoms with Crippen LogP contribution in [0.2, 0.25) is 0 Å². The van der Waals surface area contributed by atoms with Crippen molar-refractivity contribution in [3.05, 3.63) is 0 Å². The predicted molar refractivity (Wildman–Crippen MR) is 194 cm³/mol. The van der Waals surface area contributed by atoms with Crippen LogP contribution in [0.5, 0.6) is 0 Å². The van der Waals surface area contributed by atoms with Crippen molar-refractivity contribution in [1.29, 1.82) is 5.11 Å². The van der Waals surface area contributed by atoms with E-state index in [1.807, 2.05) is 0 Å². The average Bonchev–Trinajstić information content (AvgIpc) is 3.69. The molecule has 0 heterocycles. The maximum Gasteiger partial charge on any atom is 0.155 e. The summed E-state index contributed by atoms with van der Waals surface area (Å²) >= 11 is 0. The van der Waals surface area contributed by atoms with E-state index >= 15 is 0 Å². The minimum Gasteiger partial charge on any atom is -0.396 e. The summed E-state index contributed by atoms with van der Waals surface area (Å²) in [6, 6.07) is 0. The summed E-state index contributed by atoms with van der Waals surface area (Å²) in [6.07, 6.45) is 7.58.